The molecule has 0 amide bonds. The van der Waals surface area contributed by atoms with E-state index in [1.807, 2.05) is 0 Å². The first-order valence-electron chi connectivity index (χ1n) is 19.8. The molecule has 4 aromatic carbocycles. The predicted molar refractivity (Wildman–Crippen MR) is 236 cm³/mol. The first-order chi connectivity index (χ1) is 24.1. The third-order valence-electron chi connectivity index (χ3n) is 11.0. The van der Waals surface area contributed by atoms with Gasteiger partial charge in [-0.2, -0.15) is 0 Å². The number of rotatable bonds is 10. The second-order valence-corrected chi connectivity index (χ2v) is 18.1. The Kier molecular flexibility index (Phi) is 16.6. The van der Waals surface area contributed by atoms with Gasteiger partial charge in [0, 0.05) is 5.41 Å². The van der Waals surface area contributed by atoms with Crippen molar-refractivity contribution >= 4 is 11.1 Å². The van der Waals surface area contributed by atoms with Gasteiger partial charge in [0.2, 0.25) is 0 Å². The van der Waals surface area contributed by atoms with E-state index in [1.54, 1.807) is 0 Å². The van der Waals surface area contributed by atoms with E-state index in [0.717, 1.165) is 17.9 Å². The molecule has 0 N–H and O–H groups in total. The molecule has 2 atom stereocenters. The highest BCUT2D eigenvalue weighted by Crippen LogP contribution is 2.38. The van der Waals surface area contributed by atoms with Gasteiger partial charge in [0.25, 0.3) is 0 Å². The van der Waals surface area contributed by atoms with E-state index in [4.69, 9.17) is 0 Å². The molecule has 0 spiro atoms. The molecule has 0 aliphatic heterocycles. The average Bonchev–Trinajstić information content (AvgIpc) is 3.06. The maximum Gasteiger partial charge on any atom is 0.0215 e. The fourth-order valence-corrected chi connectivity index (χ4v) is 6.38. The minimum Gasteiger partial charge on any atom is -0.0955 e. The number of benzene rings is 4. The lowest BCUT2D eigenvalue weighted by molar-refractivity contribution is 0.283. The molecular formula is C52H74. The Morgan fingerprint density at radius 3 is 1.63 bits per heavy atom. The van der Waals surface area contributed by atoms with Crippen molar-refractivity contribution in [3.8, 4) is 0 Å². The van der Waals surface area contributed by atoms with Crippen molar-refractivity contribution in [1.82, 2.24) is 0 Å². The van der Waals surface area contributed by atoms with Crippen LogP contribution in [0.3, 0.4) is 0 Å². The van der Waals surface area contributed by atoms with Gasteiger partial charge in [0.1, 0.15) is 0 Å². The molecule has 0 fully saturated rings. The molecule has 0 saturated heterocycles. The molecule has 0 nitrogen and oxygen atoms in total. The van der Waals surface area contributed by atoms with Gasteiger partial charge in [-0.3, -0.25) is 0 Å². The molecule has 0 aliphatic rings. The number of aryl methyl sites for hydroxylation is 3. The van der Waals surface area contributed by atoms with Gasteiger partial charge in [-0.25, -0.2) is 0 Å². The summed E-state index contributed by atoms with van der Waals surface area (Å²) in [5.74, 6) is 1.33. The minimum absolute atomic E-state index is 0.0914. The lowest BCUT2D eigenvalue weighted by atomic mass is 9.71. The molecule has 0 saturated carbocycles. The van der Waals surface area contributed by atoms with Crippen molar-refractivity contribution in [1.29, 1.82) is 0 Å². The molecule has 2 unspecified atom stereocenters. The Morgan fingerprint density at radius 2 is 1.17 bits per heavy atom. The summed E-state index contributed by atoms with van der Waals surface area (Å²) in [6, 6.07) is 33.7. The second-order valence-electron chi connectivity index (χ2n) is 18.1. The molecule has 0 heterocycles. The Morgan fingerprint density at radius 1 is 0.654 bits per heavy atom. The third-order valence-corrected chi connectivity index (χ3v) is 11.0. The maximum absolute atomic E-state index is 4.42. The molecule has 282 valence electrons. The van der Waals surface area contributed by atoms with Gasteiger partial charge in [-0.15, -0.1) is 0 Å². The van der Waals surface area contributed by atoms with E-state index in [1.165, 1.54) is 74.9 Å². The zero-order chi connectivity index (χ0) is 39.4. The SMILES string of the molecule is C=C(C)c1ccc(C)c(C(C)(C)C)c1.C=C(c1ccc(C(C)(Cc2ccccc2)c2cc(C)cc(C)c2)cc1)C(C)CCCC.CC(C)C(C)(C)C. The van der Waals surface area contributed by atoms with Gasteiger partial charge in [0.15, 0.2) is 0 Å². The summed E-state index contributed by atoms with van der Waals surface area (Å²) in [7, 11) is 0. The van der Waals surface area contributed by atoms with Crippen LogP contribution in [0.25, 0.3) is 11.1 Å². The molecule has 0 radical (unpaired) electrons. The van der Waals surface area contributed by atoms with Gasteiger partial charge < -0.3 is 0 Å². The minimum atomic E-state index is -0.0914. The fourth-order valence-electron chi connectivity index (χ4n) is 6.38. The fraction of sp³-hybridized carbons (Fsp3) is 0.462. The Bertz CT molecular complexity index is 1680. The van der Waals surface area contributed by atoms with Crippen LogP contribution in [0, 0.1) is 38.0 Å². The van der Waals surface area contributed by atoms with E-state index in [9.17, 15) is 0 Å². The van der Waals surface area contributed by atoms with Gasteiger partial charge in [-0.1, -0.05) is 210 Å². The van der Waals surface area contributed by atoms with Gasteiger partial charge in [-0.05, 0) is 108 Å². The smallest absolute Gasteiger partial charge is 0.0215 e. The summed E-state index contributed by atoms with van der Waals surface area (Å²) in [5, 5.41) is 0. The quantitative estimate of drug-likeness (QED) is 0.155. The van der Waals surface area contributed by atoms with Crippen LogP contribution in [0.4, 0.5) is 0 Å². The first-order valence-corrected chi connectivity index (χ1v) is 19.8. The molecule has 0 aromatic heterocycles. The number of unbranched alkanes of at least 4 members (excludes halogenated alkanes) is 1. The van der Waals surface area contributed by atoms with Crippen molar-refractivity contribution in [2.24, 2.45) is 17.3 Å². The Labute approximate surface area is 321 Å². The number of hydrogen-bond donors (Lipinski definition) is 0. The highest BCUT2D eigenvalue weighted by atomic mass is 14.3. The summed E-state index contributed by atoms with van der Waals surface area (Å²) in [6.45, 7) is 42.0. The molecule has 4 rings (SSSR count). The largest absolute Gasteiger partial charge is 0.0955 e. The normalized spacial score (nSPS) is 13.2. The Balaban J connectivity index is 0.000000366. The molecule has 0 bridgehead atoms. The van der Waals surface area contributed by atoms with Crippen molar-refractivity contribution in [3.05, 3.63) is 154 Å². The molecule has 4 aromatic rings. The van der Waals surface area contributed by atoms with Crippen LogP contribution in [0.15, 0.2) is 104 Å². The monoisotopic (exact) mass is 699 g/mol. The van der Waals surface area contributed by atoms with Crippen molar-refractivity contribution in [2.75, 3.05) is 0 Å². The Hall–Kier alpha value is -3.64. The van der Waals surface area contributed by atoms with E-state index in [2.05, 4.69) is 208 Å². The summed E-state index contributed by atoms with van der Waals surface area (Å²) in [4.78, 5) is 0. The highest BCUT2D eigenvalue weighted by molar-refractivity contribution is 5.66. The lowest BCUT2D eigenvalue weighted by Crippen LogP contribution is -2.27. The highest BCUT2D eigenvalue weighted by Gasteiger charge is 2.30. The zero-order valence-electron chi connectivity index (χ0n) is 36.1. The number of allylic oxidation sites excluding steroid dienone is 2. The molecular weight excluding hydrogens is 625 g/mol. The summed E-state index contributed by atoms with van der Waals surface area (Å²) >= 11 is 0. The summed E-state index contributed by atoms with van der Waals surface area (Å²) < 4.78 is 0. The van der Waals surface area contributed by atoms with Gasteiger partial charge in [0.05, 0.1) is 0 Å². The van der Waals surface area contributed by atoms with E-state index < -0.39 is 0 Å². The summed E-state index contributed by atoms with van der Waals surface area (Å²) in [6.07, 6.45) is 4.69. The van der Waals surface area contributed by atoms with Crippen LogP contribution in [-0.4, -0.2) is 0 Å². The maximum atomic E-state index is 4.42. The van der Waals surface area contributed by atoms with E-state index in [-0.39, 0.29) is 10.8 Å². The van der Waals surface area contributed by atoms with Crippen LogP contribution >= 0.6 is 0 Å². The van der Waals surface area contributed by atoms with E-state index in [0.29, 0.717) is 11.3 Å². The van der Waals surface area contributed by atoms with Crippen LogP contribution in [0.5, 0.6) is 0 Å². The van der Waals surface area contributed by atoms with Crippen LogP contribution in [-0.2, 0) is 17.3 Å². The molecule has 0 aliphatic carbocycles. The predicted octanol–water partition coefficient (Wildman–Crippen LogP) is 15.7. The second kappa shape index (κ2) is 19.4. The third kappa shape index (κ3) is 13.4. The van der Waals surface area contributed by atoms with Crippen molar-refractivity contribution in [3.63, 3.8) is 0 Å². The zero-order valence-corrected chi connectivity index (χ0v) is 36.1. The van der Waals surface area contributed by atoms with Crippen molar-refractivity contribution in [2.45, 2.75) is 140 Å². The van der Waals surface area contributed by atoms with Crippen LogP contribution in [0.1, 0.15) is 152 Å². The van der Waals surface area contributed by atoms with Crippen LogP contribution < -0.4 is 0 Å². The van der Waals surface area contributed by atoms with Crippen LogP contribution in [0.2, 0.25) is 0 Å². The van der Waals surface area contributed by atoms with Crippen molar-refractivity contribution < 1.29 is 0 Å². The number of hydrogen-bond acceptors (Lipinski definition) is 0. The van der Waals surface area contributed by atoms with E-state index >= 15 is 0 Å². The molecule has 52 heavy (non-hydrogen) atoms. The van der Waals surface area contributed by atoms with Gasteiger partial charge >= 0.3 is 0 Å². The molecule has 0 heteroatoms. The lowest BCUT2D eigenvalue weighted by Gasteiger charge is -2.32. The summed E-state index contributed by atoms with van der Waals surface area (Å²) in [5.41, 5.74) is 15.1. The standard InChI is InChI=1S/C31H38.C14H20.C7H16/c1-7-8-12-25(4)26(5)28-15-17-29(18-16-28)31(6,22-27-13-10-9-11-14-27)30-20-23(2)19-24(3)21-30;1-10(2)12-8-7-11(3)13(9-12)14(4,5)6;1-6(2)7(3,4)5/h9-11,13-21,25H,5,7-8,12,22H2,1-4,6H3;7-9H,1H2,2-6H3;6H,1-5H3. The first kappa shape index (κ1) is 44.5. The average molecular weight is 699 g/mol. The topological polar surface area (TPSA) is 0 Å².